The summed E-state index contributed by atoms with van der Waals surface area (Å²) in [5, 5.41) is 14.3. The molecular formula is C11H20N2O2. The molecule has 0 spiro atoms. The van der Waals surface area contributed by atoms with Crippen LogP contribution in [0.25, 0.3) is 0 Å². The second-order valence-electron chi connectivity index (χ2n) is 3.38. The van der Waals surface area contributed by atoms with Gasteiger partial charge in [-0.15, -0.1) is 6.42 Å². The molecule has 1 amide bonds. The Kier molecular flexibility index (Phi) is 8.84. The predicted molar refractivity (Wildman–Crippen MR) is 60.2 cm³/mol. The Hall–Kier alpha value is -1.05. The van der Waals surface area contributed by atoms with Crippen molar-refractivity contribution in [2.24, 2.45) is 0 Å². The molecule has 0 radical (unpaired) electrons. The molecule has 15 heavy (non-hydrogen) atoms. The molecule has 0 aromatic rings. The number of amides is 1. The Balaban J connectivity index is 3.43. The van der Waals surface area contributed by atoms with Crippen LogP contribution in [0.2, 0.25) is 0 Å². The van der Waals surface area contributed by atoms with Crippen molar-refractivity contribution >= 4 is 5.91 Å². The van der Waals surface area contributed by atoms with Crippen LogP contribution >= 0.6 is 0 Å². The van der Waals surface area contributed by atoms with Crippen molar-refractivity contribution in [2.45, 2.75) is 32.2 Å². The minimum atomic E-state index is -0.215. The van der Waals surface area contributed by atoms with E-state index in [4.69, 9.17) is 11.5 Å². The van der Waals surface area contributed by atoms with Crippen molar-refractivity contribution in [3.05, 3.63) is 0 Å². The van der Waals surface area contributed by atoms with Gasteiger partial charge in [0.25, 0.3) is 0 Å². The van der Waals surface area contributed by atoms with Gasteiger partial charge < -0.3 is 15.7 Å². The molecule has 0 aliphatic heterocycles. The van der Waals surface area contributed by atoms with E-state index in [2.05, 4.69) is 16.6 Å². The number of rotatable bonds is 8. The van der Waals surface area contributed by atoms with Crippen molar-refractivity contribution in [3.8, 4) is 12.3 Å². The van der Waals surface area contributed by atoms with E-state index in [1.807, 2.05) is 0 Å². The summed E-state index contributed by atoms with van der Waals surface area (Å²) < 4.78 is 0. The van der Waals surface area contributed by atoms with E-state index in [-0.39, 0.29) is 25.1 Å². The molecule has 0 bridgehead atoms. The average Bonchev–Trinajstić information content (AvgIpc) is 2.25. The van der Waals surface area contributed by atoms with Crippen LogP contribution in [0, 0.1) is 12.3 Å². The van der Waals surface area contributed by atoms with E-state index in [0.29, 0.717) is 0 Å². The van der Waals surface area contributed by atoms with Gasteiger partial charge in [0.1, 0.15) is 0 Å². The van der Waals surface area contributed by atoms with E-state index in [1.54, 1.807) is 6.92 Å². The van der Waals surface area contributed by atoms with Gasteiger partial charge in [-0.3, -0.25) is 4.79 Å². The first-order valence-electron chi connectivity index (χ1n) is 5.27. The molecule has 1 atom stereocenters. The Morgan fingerprint density at radius 2 is 2.20 bits per heavy atom. The summed E-state index contributed by atoms with van der Waals surface area (Å²) in [4.78, 5) is 11.3. The van der Waals surface area contributed by atoms with Crippen LogP contribution in [0.5, 0.6) is 0 Å². The fourth-order valence-electron chi connectivity index (χ4n) is 1.12. The Morgan fingerprint density at radius 1 is 1.47 bits per heavy atom. The van der Waals surface area contributed by atoms with Crippen molar-refractivity contribution in [2.75, 3.05) is 19.7 Å². The van der Waals surface area contributed by atoms with Crippen LogP contribution in [-0.4, -0.2) is 36.8 Å². The highest BCUT2D eigenvalue weighted by atomic mass is 16.2. The highest BCUT2D eigenvalue weighted by Crippen LogP contribution is 1.93. The third-order valence-electron chi connectivity index (χ3n) is 2.04. The van der Waals surface area contributed by atoms with Gasteiger partial charge in [0, 0.05) is 6.61 Å². The average molecular weight is 212 g/mol. The zero-order chi connectivity index (χ0) is 11.5. The monoisotopic (exact) mass is 212 g/mol. The van der Waals surface area contributed by atoms with Crippen LogP contribution in [0.4, 0.5) is 0 Å². The van der Waals surface area contributed by atoms with Crippen LogP contribution in [0.1, 0.15) is 26.2 Å². The lowest BCUT2D eigenvalue weighted by Crippen LogP contribution is -2.42. The molecular weight excluding hydrogens is 192 g/mol. The molecule has 0 aromatic heterocycles. The number of hydrogen-bond donors (Lipinski definition) is 3. The molecule has 0 fully saturated rings. The van der Waals surface area contributed by atoms with E-state index in [0.717, 1.165) is 25.8 Å². The lowest BCUT2D eigenvalue weighted by Gasteiger charge is -2.12. The number of carbonyl (C=O) groups is 1. The van der Waals surface area contributed by atoms with Gasteiger partial charge in [-0.1, -0.05) is 5.92 Å². The van der Waals surface area contributed by atoms with Crippen molar-refractivity contribution in [3.63, 3.8) is 0 Å². The summed E-state index contributed by atoms with van der Waals surface area (Å²) >= 11 is 0. The second-order valence-corrected chi connectivity index (χ2v) is 3.38. The molecule has 0 aliphatic carbocycles. The van der Waals surface area contributed by atoms with E-state index in [9.17, 15) is 4.79 Å². The number of aliphatic hydroxyl groups excluding tert-OH is 1. The summed E-state index contributed by atoms with van der Waals surface area (Å²) in [6.45, 7) is 3.09. The quantitative estimate of drug-likeness (QED) is 0.388. The topological polar surface area (TPSA) is 61.4 Å². The fourth-order valence-corrected chi connectivity index (χ4v) is 1.12. The highest BCUT2D eigenvalue weighted by Gasteiger charge is 2.09. The maximum atomic E-state index is 11.3. The maximum absolute atomic E-state index is 11.3. The van der Waals surface area contributed by atoms with E-state index >= 15 is 0 Å². The molecule has 0 saturated heterocycles. The zero-order valence-electron chi connectivity index (χ0n) is 9.25. The Labute approximate surface area is 91.4 Å². The number of aliphatic hydroxyl groups is 1. The van der Waals surface area contributed by atoms with Gasteiger partial charge in [0.2, 0.25) is 5.91 Å². The standard InChI is InChI=1S/C11H20N2O2/c1-3-7-13-11(15)10(2)12-8-5-4-6-9-14/h1,10,12,14H,4-9H2,2H3,(H,13,15). The number of carbonyl (C=O) groups excluding carboxylic acids is 1. The Morgan fingerprint density at radius 3 is 2.80 bits per heavy atom. The van der Waals surface area contributed by atoms with Gasteiger partial charge in [-0.25, -0.2) is 0 Å². The number of hydrogen-bond acceptors (Lipinski definition) is 3. The highest BCUT2D eigenvalue weighted by molar-refractivity contribution is 5.81. The Bertz CT molecular complexity index is 211. The van der Waals surface area contributed by atoms with Crippen LogP contribution in [0.15, 0.2) is 0 Å². The molecule has 4 heteroatoms. The summed E-state index contributed by atoms with van der Waals surface area (Å²) in [5.74, 6) is 2.28. The first kappa shape index (κ1) is 13.9. The molecule has 3 N–H and O–H groups in total. The van der Waals surface area contributed by atoms with Gasteiger partial charge in [0.15, 0.2) is 0 Å². The van der Waals surface area contributed by atoms with E-state index < -0.39 is 0 Å². The van der Waals surface area contributed by atoms with E-state index in [1.165, 1.54) is 0 Å². The van der Waals surface area contributed by atoms with Gasteiger partial charge in [0.05, 0.1) is 12.6 Å². The number of terminal acetylenes is 1. The lowest BCUT2D eigenvalue weighted by molar-refractivity contribution is -0.122. The third kappa shape index (κ3) is 7.98. The number of nitrogens with one attached hydrogen (secondary N) is 2. The summed E-state index contributed by atoms with van der Waals surface area (Å²) in [7, 11) is 0. The largest absolute Gasteiger partial charge is 0.396 e. The maximum Gasteiger partial charge on any atom is 0.237 e. The lowest BCUT2D eigenvalue weighted by atomic mass is 10.2. The molecule has 0 aliphatic rings. The van der Waals surface area contributed by atoms with Crippen LogP contribution in [0.3, 0.4) is 0 Å². The zero-order valence-corrected chi connectivity index (χ0v) is 9.25. The van der Waals surface area contributed by atoms with Gasteiger partial charge >= 0.3 is 0 Å². The smallest absolute Gasteiger partial charge is 0.237 e. The van der Waals surface area contributed by atoms with Crippen molar-refractivity contribution < 1.29 is 9.90 Å². The molecule has 0 heterocycles. The normalized spacial score (nSPS) is 11.8. The minimum absolute atomic E-state index is 0.0740. The molecule has 4 nitrogen and oxygen atoms in total. The molecule has 86 valence electrons. The van der Waals surface area contributed by atoms with Gasteiger partial charge in [-0.05, 0) is 32.7 Å². The summed E-state index contributed by atoms with van der Waals surface area (Å²) in [5.41, 5.74) is 0. The first-order chi connectivity index (χ1) is 7.22. The molecule has 0 saturated carbocycles. The third-order valence-corrected chi connectivity index (χ3v) is 2.04. The number of unbranched alkanes of at least 4 members (excludes halogenated alkanes) is 2. The molecule has 0 aromatic carbocycles. The summed E-state index contributed by atoms with van der Waals surface area (Å²) in [6.07, 6.45) is 7.78. The predicted octanol–water partition coefficient (Wildman–Crippen LogP) is -0.123. The van der Waals surface area contributed by atoms with Gasteiger partial charge in [-0.2, -0.15) is 0 Å². The van der Waals surface area contributed by atoms with Crippen LogP contribution in [-0.2, 0) is 4.79 Å². The second kappa shape index (κ2) is 9.50. The minimum Gasteiger partial charge on any atom is -0.396 e. The van der Waals surface area contributed by atoms with Crippen molar-refractivity contribution in [1.29, 1.82) is 0 Å². The van der Waals surface area contributed by atoms with Crippen LogP contribution < -0.4 is 10.6 Å². The molecule has 0 rings (SSSR count). The first-order valence-corrected chi connectivity index (χ1v) is 5.27. The molecule has 1 unspecified atom stereocenters. The summed E-state index contributed by atoms with van der Waals surface area (Å²) in [6, 6.07) is -0.215. The fraction of sp³-hybridized carbons (Fsp3) is 0.727. The SMILES string of the molecule is C#CCNC(=O)C(C)NCCCCCO. The van der Waals surface area contributed by atoms with Crippen molar-refractivity contribution in [1.82, 2.24) is 10.6 Å².